The van der Waals surface area contributed by atoms with Gasteiger partial charge in [0.25, 0.3) is 0 Å². The van der Waals surface area contributed by atoms with Gasteiger partial charge >= 0.3 is 5.97 Å². The third-order valence-corrected chi connectivity index (χ3v) is 6.69. The van der Waals surface area contributed by atoms with E-state index in [9.17, 15) is 13.2 Å². The average Bonchev–Trinajstić information content (AvgIpc) is 3.20. The SMILES string of the molecule is O=C(O)CCCC=CC1CC2CC(NS(=O)(=O)C=Cc3ccccc3)C1C2. The standard InChI is InChI=1S/C21H27NO4S/c23-21(24)10-6-2-5-9-18-13-17-14-19(18)20(15-17)22-27(25,26)12-11-16-7-3-1-4-8-16/h1,3-5,7-9,11-12,17-20,22H,2,6,10,13-15H2,(H,23,24). The van der Waals surface area contributed by atoms with Crippen LogP contribution < -0.4 is 4.72 Å². The first-order valence-corrected chi connectivity index (χ1v) is 11.1. The molecule has 1 aromatic rings. The zero-order valence-corrected chi connectivity index (χ0v) is 16.1. The molecule has 4 unspecified atom stereocenters. The van der Waals surface area contributed by atoms with Crippen molar-refractivity contribution in [1.82, 2.24) is 4.72 Å². The lowest BCUT2D eigenvalue weighted by Crippen LogP contribution is -2.40. The van der Waals surface area contributed by atoms with Crippen molar-refractivity contribution < 1.29 is 18.3 Å². The summed E-state index contributed by atoms with van der Waals surface area (Å²) < 4.78 is 27.7. The molecule has 0 amide bonds. The van der Waals surface area contributed by atoms with E-state index in [1.54, 1.807) is 6.08 Å². The number of unbranched alkanes of at least 4 members (excludes halogenated alkanes) is 1. The maximum Gasteiger partial charge on any atom is 0.303 e. The molecule has 0 saturated heterocycles. The fraction of sp³-hybridized carbons (Fsp3) is 0.476. The molecule has 2 N–H and O–H groups in total. The van der Waals surface area contributed by atoms with Crippen molar-refractivity contribution in [3.05, 3.63) is 53.5 Å². The molecule has 0 heterocycles. The number of aliphatic carboxylic acids is 1. The summed E-state index contributed by atoms with van der Waals surface area (Å²) in [6, 6.07) is 9.38. The minimum Gasteiger partial charge on any atom is -0.481 e. The van der Waals surface area contributed by atoms with Gasteiger partial charge in [-0.05, 0) is 61.5 Å². The summed E-state index contributed by atoms with van der Waals surface area (Å²) in [4.78, 5) is 10.5. The molecule has 2 aliphatic carbocycles. The second-order valence-corrected chi connectivity index (χ2v) is 9.20. The van der Waals surface area contributed by atoms with Gasteiger partial charge in [-0.25, -0.2) is 13.1 Å². The highest BCUT2D eigenvalue weighted by Gasteiger charge is 2.46. The van der Waals surface area contributed by atoms with E-state index >= 15 is 0 Å². The highest BCUT2D eigenvalue weighted by atomic mass is 32.2. The number of carboxylic acids is 1. The maximum atomic E-state index is 12.4. The summed E-state index contributed by atoms with van der Waals surface area (Å²) in [6.45, 7) is 0. The van der Waals surface area contributed by atoms with E-state index in [4.69, 9.17) is 5.11 Å². The molecule has 2 bridgehead atoms. The Balaban J connectivity index is 1.54. The van der Waals surface area contributed by atoms with Crippen LogP contribution in [-0.4, -0.2) is 25.5 Å². The molecule has 0 aliphatic heterocycles. The van der Waals surface area contributed by atoms with Crippen LogP contribution in [0.25, 0.3) is 6.08 Å². The normalized spacial score (nSPS) is 27.7. The number of carboxylic acid groups (broad SMARTS) is 1. The summed E-state index contributed by atoms with van der Waals surface area (Å²) in [5.74, 6) is 0.542. The average molecular weight is 390 g/mol. The number of hydrogen-bond acceptors (Lipinski definition) is 3. The van der Waals surface area contributed by atoms with Crippen molar-refractivity contribution in [3.63, 3.8) is 0 Å². The van der Waals surface area contributed by atoms with Gasteiger partial charge in [0.05, 0.1) is 0 Å². The summed E-state index contributed by atoms with van der Waals surface area (Å²) in [5, 5.41) is 9.93. The topological polar surface area (TPSA) is 83.5 Å². The third-order valence-electron chi connectivity index (χ3n) is 5.56. The number of fused-ring (bicyclic) bond motifs is 2. The molecule has 3 rings (SSSR count). The van der Waals surface area contributed by atoms with Crippen molar-refractivity contribution in [3.8, 4) is 0 Å². The second kappa shape index (κ2) is 8.85. The number of carbonyl (C=O) groups is 1. The number of hydrogen-bond donors (Lipinski definition) is 2. The summed E-state index contributed by atoms with van der Waals surface area (Å²) in [6.07, 6.45) is 10.5. The monoisotopic (exact) mass is 389 g/mol. The quantitative estimate of drug-likeness (QED) is 0.497. The van der Waals surface area contributed by atoms with E-state index in [0.29, 0.717) is 24.2 Å². The van der Waals surface area contributed by atoms with Crippen LogP contribution in [0.5, 0.6) is 0 Å². The zero-order valence-electron chi connectivity index (χ0n) is 15.3. The van der Waals surface area contributed by atoms with Crippen LogP contribution in [0.2, 0.25) is 0 Å². The van der Waals surface area contributed by atoms with Gasteiger partial charge in [0.15, 0.2) is 0 Å². The highest BCUT2D eigenvalue weighted by Crippen LogP contribution is 2.49. The van der Waals surface area contributed by atoms with Crippen LogP contribution in [0.3, 0.4) is 0 Å². The van der Waals surface area contributed by atoms with Crippen LogP contribution in [-0.2, 0) is 14.8 Å². The number of benzene rings is 1. The van der Waals surface area contributed by atoms with Gasteiger partial charge in [0, 0.05) is 17.9 Å². The molecule has 2 saturated carbocycles. The van der Waals surface area contributed by atoms with Crippen molar-refractivity contribution in [2.45, 2.75) is 44.6 Å². The molecule has 2 aliphatic rings. The van der Waals surface area contributed by atoms with E-state index < -0.39 is 16.0 Å². The third kappa shape index (κ3) is 5.78. The Kier molecular flexibility index (Phi) is 6.50. The van der Waals surface area contributed by atoms with Crippen LogP contribution in [0.15, 0.2) is 47.9 Å². The summed E-state index contributed by atoms with van der Waals surface area (Å²) in [7, 11) is -3.47. The van der Waals surface area contributed by atoms with Crippen molar-refractivity contribution >= 4 is 22.1 Å². The molecule has 6 heteroatoms. The van der Waals surface area contributed by atoms with E-state index in [2.05, 4.69) is 16.9 Å². The molecule has 146 valence electrons. The minimum atomic E-state index is -3.47. The van der Waals surface area contributed by atoms with Crippen molar-refractivity contribution in [2.75, 3.05) is 0 Å². The van der Waals surface area contributed by atoms with Crippen LogP contribution >= 0.6 is 0 Å². The summed E-state index contributed by atoms with van der Waals surface area (Å²) in [5.41, 5.74) is 0.859. The lowest BCUT2D eigenvalue weighted by Gasteiger charge is -2.27. The fourth-order valence-electron chi connectivity index (χ4n) is 4.39. The van der Waals surface area contributed by atoms with Gasteiger partial charge in [-0.3, -0.25) is 4.79 Å². The van der Waals surface area contributed by atoms with E-state index in [1.807, 2.05) is 30.3 Å². The minimum absolute atomic E-state index is 0.0113. The van der Waals surface area contributed by atoms with Crippen molar-refractivity contribution in [2.24, 2.45) is 17.8 Å². The second-order valence-electron chi connectivity index (χ2n) is 7.60. The van der Waals surface area contributed by atoms with Crippen LogP contribution in [0, 0.1) is 17.8 Å². The van der Waals surface area contributed by atoms with Crippen LogP contribution in [0.4, 0.5) is 0 Å². The number of sulfonamides is 1. The Labute approximate surface area is 161 Å². The van der Waals surface area contributed by atoms with Crippen molar-refractivity contribution in [1.29, 1.82) is 0 Å². The number of rotatable bonds is 9. The predicted molar refractivity (Wildman–Crippen MR) is 106 cm³/mol. The molecule has 27 heavy (non-hydrogen) atoms. The highest BCUT2D eigenvalue weighted by molar-refractivity contribution is 7.92. The van der Waals surface area contributed by atoms with Crippen LogP contribution in [0.1, 0.15) is 44.1 Å². The van der Waals surface area contributed by atoms with Gasteiger partial charge in [-0.15, -0.1) is 0 Å². The Morgan fingerprint density at radius 1 is 1.19 bits per heavy atom. The first-order chi connectivity index (χ1) is 12.9. The number of allylic oxidation sites excluding steroid dienone is 2. The fourth-order valence-corrected chi connectivity index (χ4v) is 5.49. The largest absolute Gasteiger partial charge is 0.481 e. The van der Waals surface area contributed by atoms with E-state index in [-0.39, 0.29) is 12.5 Å². The van der Waals surface area contributed by atoms with Gasteiger partial charge < -0.3 is 5.11 Å². The Morgan fingerprint density at radius 2 is 1.96 bits per heavy atom. The lowest BCUT2D eigenvalue weighted by molar-refractivity contribution is -0.137. The first kappa shape index (κ1) is 19.8. The van der Waals surface area contributed by atoms with Gasteiger partial charge in [0.2, 0.25) is 10.0 Å². The molecule has 0 spiro atoms. The van der Waals surface area contributed by atoms with Gasteiger partial charge in [-0.2, -0.15) is 0 Å². The molecule has 1 aromatic carbocycles. The molecule has 4 atom stereocenters. The Hall–Kier alpha value is -1.92. The molecule has 2 fully saturated rings. The van der Waals surface area contributed by atoms with Gasteiger partial charge in [0.1, 0.15) is 0 Å². The van der Waals surface area contributed by atoms with Gasteiger partial charge in [-0.1, -0.05) is 42.5 Å². The zero-order chi connectivity index (χ0) is 19.3. The Bertz CT molecular complexity index is 801. The summed E-state index contributed by atoms with van der Waals surface area (Å²) >= 11 is 0. The number of nitrogens with one attached hydrogen (secondary N) is 1. The molecule has 5 nitrogen and oxygen atoms in total. The Morgan fingerprint density at radius 3 is 2.67 bits per heavy atom. The van der Waals surface area contributed by atoms with E-state index in [0.717, 1.165) is 31.2 Å². The maximum absolute atomic E-state index is 12.4. The smallest absolute Gasteiger partial charge is 0.303 e. The van der Waals surface area contributed by atoms with E-state index in [1.165, 1.54) is 5.41 Å². The molecular formula is C21H27NO4S. The lowest BCUT2D eigenvalue weighted by atomic mass is 9.85. The molecular weight excluding hydrogens is 362 g/mol. The molecule has 0 aromatic heterocycles. The molecule has 0 radical (unpaired) electrons. The first-order valence-electron chi connectivity index (χ1n) is 9.57. The predicted octanol–water partition coefficient (Wildman–Crippen LogP) is 3.80.